The van der Waals surface area contributed by atoms with Gasteiger partial charge in [0.2, 0.25) is 11.6 Å². The van der Waals surface area contributed by atoms with Crippen molar-refractivity contribution in [2.24, 2.45) is 0 Å². The average Bonchev–Trinajstić information content (AvgIpc) is 3.19. The van der Waals surface area contributed by atoms with Crippen molar-refractivity contribution in [2.75, 3.05) is 0 Å². The smallest absolute Gasteiger partial charge is 0.231 e. The Kier molecular flexibility index (Phi) is 3.65. The van der Waals surface area contributed by atoms with Crippen LogP contribution in [0.4, 0.5) is 0 Å². The number of hydrogen-bond donors (Lipinski definition) is 1. The highest BCUT2D eigenvalue weighted by Gasteiger charge is 2.22. The van der Waals surface area contributed by atoms with Crippen molar-refractivity contribution in [3.8, 4) is 0 Å². The molecule has 124 valence electrons. The summed E-state index contributed by atoms with van der Waals surface area (Å²) in [6.07, 6.45) is 4.88. The second-order valence-electron chi connectivity index (χ2n) is 6.70. The second kappa shape index (κ2) is 5.85. The third-order valence-electron chi connectivity index (χ3n) is 5.05. The summed E-state index contributed by atoms with van der Waals surface area (Å²) in [7, 11) is 0. The Morgan fingerprint density at radius 1 is 1.12 bits per heavy atom. The van der Waals surface area contributed by atoms with Crippen LogP contribution in [0.25, 0.3) is 16.5 Å². The highest BCUT2D eigenvalue weighted by Crippen LogP contribution is 2.30. The Balaban J connectivity index is 1.61. The monoisotopic (exact) mass is 329 g/mol. The summed E-state index contributed by atoms with van der Waals surface area (Å²) in [5.74, 6) is -0.790. The first-order valence-corrected chi connectivity index (χ1v) is 8.48. The van der Waals surface area contributed by atoms with Gasteiger partial charge in [0.25, 0.3) is 0 Å². The molecule has 0 bridgehead atoms. The normalized spacial score (nSPS) is 13.0. The van der Waals surface area contributed by atoms with Crippen LogP contribution in [-0.2, 0) is 17.6 Å². The van der Waals surface area contributed by atoms with Crippen molar-refractivity contribution in [1.29, 1.82) is 0 Å². The van der Waals surface area contributed by atoms with Gasteiger partial charge in [0.05, 0.1) is 5.56 Å². The lowest BCUT2D eigenvalue weighted by Gasteiger charge is -2.10. The van der Waals surface area contributed by atoms with Gasteiger partial charge in [0.1, 0.15) is 0 Å². The number of nitrogens with one attached hydrogen (secondary N) is 1. The van der Waals surface area contributed by atoms with E-state index in [-0.39, 0.29) is 12.2 Å². The lowest BCUT2D eigenvalue weighted by atomic mass is 9.94. The van der Waals surface area contributed by atoms with Crippen LogP contribution in [-0.4, -0.2) is 16.6 Å². The number of ketones is 2. The number of benzene rings is 2. The van der Waals surface area contributed by atoms with Crippen LogP contribution < -0.4 is 0 Å². The Bertz CT molecular complexity index is 1050. The van der Waals surface area contributed by atoms with E-state index in [0.29, 0.717) is 5.56 Å². The Morgan fingerprint density at radius 2 is 1.92 bits per heavy atom. The zero-order valence-corrected chi connectivity index (χ0v) is 14.3. The van der Waals surface area contributed by atoms with Gasteiger partial charge < -0.3 is 4.98 Å². The molecule has 3 heteroatoms. The van der Waals surface area contributed by atoms with E-state index in [0.717, 1.165) is 28.5 Å². The van der Waals surface area contributed by atoms with Crippen LogP contribution in [0.3, 0.4) is 0 Å². The quantitative estimate of drug-likeness (QED) is 0.568. The van der Waals surface area contributed by atoms with E-state index in [1.165, 1.54) is 16.7 Å². The molecule has 1 aromatic heterocycles. The van der Waals surface area contributed by atoms with Crippen molar-refractivity contribution >= 4 is 28.0 Å². The fourth-order valence-corrected chi connectivity index (χ4v) is 3.57. The molecule has 0 radical (unpaired) electrons. The first-order chi connectivity index (χ1) is 12.0. The predicted molar refractivity (Wildman–Crippen MR) is 99.9 cm³/mol. The molecule has 2 aromatic carbocycles. The number of hydrogen-bond acceptors (Lipinski definition) is 2. The molecule has 3 aromatic rings. The van der Waals surface area contributed by atoms with Gasteiger partial charge in [-0.3, -0.25) is 9.59 Å². The van der Waals surface area contributed by atoms with Crippen molar-refractivity contribution in [1.82, 2.24) is 4.98 Å². The van der Waals surface area contributed by atoms with Crippen molar-refractivity contribution in [3.05, 3.63) is 76.5 Å². The van der Waals surface area contributed by atoms with Crippen LogP contribution >= 0.6 is 0 Å². The van der Waals surface area contributed by atoms with Gasteiger partial charge in [0.15, 0.2) is 0 Å². The summed E-state index contributed by atoms with van der Waals surface area (Å²) in [5.41, 5.74) is 7.12. The van der Waals surface area contributed by atoms with Crippen molar-refractivity contribution in [3.63, 3.8) is 0 Å². The molecule has 3 nitrogen and oxygen atoms in total. The zero-order chi connectivity index (χ0) is 17.6. The lowest BCUT2D eigenvalue weighted by molar-refractivity contribution is -0.114. The molecule has 0 saturated carbocycles. The maximum Gasteiger partial charge on any atom is 0.231 e. The number of rotatable bonds is 4. The molecule has 25 heavy (non-hydrogen) atoms. The second-order valence-corrected chi connectivity index (χ2v) is 6.70. The van der Waals surface area contributed by atoms with E-state index < -0.39 is 5.78 Å². The van der Waals surface area contributed by atoms with E-state index in [2.05, 4.69) is 30.1 Å². The molecule has 4 rings (SSSR count). The summed E-state index contributed by atoms with van der Waals surface area (Å²) in [4.78, 5) is 28.3. The van der Waals surface area contributed by atoms with Gasteiger partial charge in [-0.25, -0.2) is 0 Å². The molecule has 0 amide bonds. The van der Waals surface area contributed by atoms with Crippen LogP contribution in [0.2, 0.25) is 0 Å². The molecule has 0 saturated heterocycles. The van der Waals surface area contributed by atoms with Crippen molar-refractivity contribution < 1.29 is 9.59 Å². The summed E-state index contributed by atoms with van der Waals surface area (Å²) in [5, 5.41) is 0.798. The third kappa shape index (κ3) is 2.62. The Hall–Kier alpha value is -2.94. The number of carbonyl (C=O) groups excluding carboxylic acids is 2. The first kappa shape index (κ1) is 15.6. The highest BCUT2D eigenvalue weighted by molar-refractivity contribution is 6.46. The van der Waals surface area contributed by atoms with Crippen LogP contribution in [0.15, 0.2) is 48.7 Å². The van der Waals surface area contributed by atoms with E-state index in [9.17, 15) is 9.59 Å². The van der Waals surface area contributed by atoms with Crippen LogP contribution in [0.5, 0.6) is 0 Å². The van der Waals surface area contributed by atoms with E-state index in [1.54, 1.807) is 6.20 Å². The van der Waals surface area contributed by atoms with Gasteiger partial charge >= 0.3 is 0 Å². The van der Waals surface area contributed by atoms with Gasteiger partial charge in [-0.15, -0.1) is 0 Å². The molecule has 1 heterocycles. The Morgan fingerprint density at radius 3 is 2.76 bits per heavy atom. The van der Waals surface area contributed by atoms with Gasteiger partial charge in [-0.2, -0.15) is 0 Å². The zero-order valence-electron chi connectivity index (χ0n) is 14.3. The summed E-state index contributed by atoms with van der Waals surface area (Å²) >= 11 is 0. The van der Waals surface area contributed by atoms with E-state index in [4.69, 9.17) is 0 Å². The molecule has 0 spiro atoms. The number of aryl methyl sites for hydroxylation is 1. The number of Topliss-reactive ketones (excluding diaryl/α,β-unsaturated/α-hetero) is 2. The number of aromatic nitrogens is 1. The Labute approximate surface area is 146 Å². The minimum absolute atomic E-state index is 0.149. The van der Waals surface area contributed by atoms with Gasteiger partial charge in [-0.1, -0.05) is 36.4 Å². The van der Waals surface area contributed by atoms with E-state index >= 15 is 0 Å². The standard InChI is InChI=1S/C22H19NO2/c1-13-7-8-15-10-16(14(2)9-18(13)15)11-21(24)22(25)19-12-23-20-6-4-3-5-17(19)20/h3-7,9-10,12,23H,8,11H2,1-2H3. The molecule has 1 aliphatic rings. The molecular formula is C22H19NO2. The topological polar surface area (TPSA) is 49.9 Å². The summed E-state index contributed by atoms with van der Waals surface area (Å²) in [6.45, 7) is 4.11. The molecular weight excluding hydrogens is 310 g/mol. The highest BCUT2D eigenvalue weighted by atomic mass is 16.2. The lowest BCUT2D eigenvalue weighted by Crippen LogP contribution is -2.17. The molecule has 1 N–H and O–H groups in total. The van der Waals surface area contributed by atoms with Gasteiger partial charge in [0, 0.05) is 23.5 Å². The van der Waals surface area contributed by atoms with Crippen molar-refractivity contribution in [2.45, 2.75) is 26.7 Å². The maximum atomic E-state index is 12.6. The molecule has 1 aliphatic carbocycles. The summed E-state index contributed by atoms with van der Waals surface area (Å²) < 4.78 is 0. The molecule has 0 unspecified atom stereocenters. The summed E-state index contributed by atoms with van der Waals surface area (Å²) in [6, 6.07) is 11.7. The van der Waals surface area contributed by atoms with Gasteiger partial charge in [-0.05, 0) is 54.2 Å². The number of carbonyl (C=O) groups is 2. The van der Waals surface area contributed by atoms with Crippen LogP contribution in [0, 0.1) is 6.92 Å². The number of allylic oxidation sites excluding steroid dienone is 2. The number of H-pyrrole nitrogens is 1. The minimum Gasteiger partial charge on any atom is -0.360 e. The van der Waals surface area contributed by atoms with Crippen LogP contribution in [0.1, 0.15) is 39.5 Å². The average molecular weight is 329 g/mol. The number of para-hydroxylation sites is 1. The molecule has 0 fully saturated rings. The molecule has 0 atom stereocenters. The predicted octanol–water partition coefficient (Wildman–Crippen LogP) is 4.43. The van der Waals surface area contributed by atoms with E-state index in [1.807, 2.05) is 31.2 Å². The largest absolute Gasteiger partial charge is 0.360 e. The maximum absolute atomic E-state index is 12.6. The fraction of sp³-hybridized carbons (Fsp3) is 0.182. The number of aromatic amines is 1. The fourth-order valence-electron chi connectivity index (χ4n) is 3.57. The minimum atomic E-state index is -0.424. The SMILES string of the molecule is CC1=CCc2cc(CC(=O)C(=O)c3c[nH]c4ccccc34)c(C)cc21. The number of fused-ring (bicyclic) bond motifs is 2. The first-order valence-electron chi connectivity index (χ1n) is 8.48. The third-order valence-corrected chi connectivity index (χ3v) is 5.05. The molecule has 0 aliphatic heterocycles.